The minimum absolute atomic E-state index is 0.0900. The van der Waals surface area contributed by atoms with Crippen molar-refractivity contribution >= 4 is 23.2 Å². The third-order valence-electron chi connectivity index (χ3n) is 2.84. The predicted octanol–water partition coefficient (Wildman–Crippen LogP) is 0.647. The van der Waals surface area contributed by atoms with Crippen LogP contribution in [-0.4, -0.2) is 24.0 Å². The van der Waals surface area contributed by atoms with Crippen molar-refractivity contribution < 1.29 is 14.3 Å². The highest BCUT2D eigenvalue weighted by molar-refractivity contribution is 6.18. The van der Waals surface area contributed by atoms with Crippen LogP contribution >= 0.6 is 0 Å². The second-order valence-corrected chi connectivity index (χ2v) is 4.74. The molecule has 19 heavy (non-hydrogen) atoms. The summed E-state index contributed by atoms with van der Waals surface area (Å²) in [5, 5.41) is 0. The van der Waals surface area contributed by atoms with E-state index in [1.165, 1.54) is 0 Å². The number of carbonyl (C=O) groups excluding carboxylic acids is 2. The number of carbonyl (C=O) groups is 2. The predicted molar refractivity (Wildman–Crippen MR) is 71.7 cm³/mol. The monoisotopic (exact) mass is 263 g/mol. The van der Waals surface area contributed by atoms with Gasteiger partial charge in [0.2, 0.25) is 5.91 Å². The Morgan fingerprint density at radius 1 is 1.53 bits per heavy atom. The first-order valence-corrected chi connectivity index (χ1v) is 6.08. The Hall–Kier alpha value is -2.08. The summed E-state index contributed by atoms with van der Waals surface area (Å²) in [4.78, 5) is 25.4. The Bertz CT molecular complexity index is 528. The van der Waals surface area contributed by atoms with Crippen molar-refractivity contribution in [2.75, 3.05) is 10.6 Å². The molecule has 6 nitrogen and oxygen atoms in total. The Morgan fingerprint density at radius 3 is 2.84 bits per heavy atom. The van der Waals surface area contributed by atoms with Gasteiger partial charge in [-0.2, -0.15) is 0 Å². The van der Waals surface area contributed by atoms with Gasteiger partial charge in [0.25, 0.3) is 5.91 Å². The Labute approximate surface area is 111 Å². The van der Waals surface area contributed by atoms with E-state index < -0.39 is 12.0 Å². The molecule has 1 aliphatic heterocycles. The lowest BCUT2D eigenvalue weighted by Gasteiger charge is -2.32. The van der Waals surface area contributed by atoms with Crippen molar-refractivity contribution in [1.82, 2.24) is 0 Å². The fraction of sp³-hybridized carbons (Fsp3) is 0.385. The van der Waals surface area contributed by atoms with Crippen molar-refractivity contribution in [2.24, 2.45) is 5.73 Å². The van der Waals surface area contributed by atoms with Gasteiger partial charge in [0, 0.05) is 18.2 Å². The molecule has 0 bridgehead atoms. The maximum Gasteiger partial charge on any atom is 0.274 e. The lowest BCUT2D eigenvalue weighted by Crippen LogP contribution is -2.48. The van der Waals surface area contributed by atoms with E-state index in [0.717, 1.165) is 4.90 Å². The molecule has 0 aliphatic carbocycles. The van der Waals surface area contributed by atoms with Crippen LogP contribution in [0, 0.1) is 0 Å². The summed E-state index contributed by atoms with van der Waals surface area (Å²) in [6.07, 6.45) is -0.611. The van der Waals surface area contributed by atoms with Crippen LogP contribution in [0.1, 0.15) is 20.3 Å². The molecule has 0 spiro atoms. The van der Waals surface area contributed by atoms with E-state index in [9.17, 15) is 9.59 Å². The molecule has 0 radical (unpaired) electrons. The third kappa shape index (κ3) is 2.53. The number of nitrogen functional groups attached to an aromatic ring is 1. The minimum atomic E-state index is -0.701. The second kappa shape index (κ2) is 4.89. The first kappa shape index (κ1) is 13.4. The van der Waals surface area contributed by atoms with E-state index in [-0.39, 0.29) is 18.4 Å². The topological polar surface area (TPSA) is 98.7 Å². The molecule has 0 aromatic heterocycles. The number of hydrogen-bond acceptors (Lipinski definition) is 5. The van der Waals surface area contributed by atoms with Crippen molar-refractivity contribution in [3.8, 4) is 5.75 Å². The van der Waals surface area contributed by atoms with Gasteiger partial charge in [-0.25, -0.2) is 4.90 Å². The lowest BCUT2D eigenvalue weighted by molar-refractivity contribution is -0.131. The quantitative estimate of drug-likeness (QED) is 0.763. The highest BCUT2D eigenvalue weighted by Crippen LogP contribution is 2.36. The highest BCUT2D eigenvalue weighted by Gasteiger charge is 2.35. The molecular weight excluding hydrogens is 246 g/mol. The number of fused-ring (bicyclic) bond motifs is 1. The number of nitrogens with zero attached hydrogens (tertiary/aromatic N) is 1. The summed E-state index contributed by atoms with van der Waals surface area (Å²) in [5.74, 6) is -0.273. The second-order valence-electron chi connectivity index (χ2n) is 4.74. The van der Waals surface area contributed by atoms with Crippen LogP contribution in [0.15, 0.2) is 18.2 Å². The van der Waals surface area contributed by atoms with Crippen molar-refractivity contribution in [2.45, 2.75) is 32.4 Å². The standard InChI is InChI=1S/C13H17N3O3/c1-7(14)5-12(17)16-10-6-9(15)3-4-11(10)19-8(2)13(16)18/h3-4,6-8H,5,14-15H2,1-2H3. The minimum Gasteiger partial charge on any atom is -0.479 e. The molecule has 2 rings (SSSR count). The van der Waals surface area contributed by atoms with Crippen molar-refractivity contribution in [1.29, 1.82) is 0 Å². The maximum atomic E-state index is 12.2. The molecule has 6 heteroatoms. The van der Waals surface area contributed by atoms with Crippen LogP contribution < -0.4 is 21.1 Å². The molecular formula is C13H17N3O3. The zero-order chi connectivity index (χ0) is 14.2. The van der Waals surface area contributed by atoms with Crippen LogP contribution in [0.3, 0.4) is 0 Å². The van der Waals surface area contributed by atoms with Crippen LogP contribution in [0.5, 0.6) is 5.75 Å². The third-order valence-corrected chi connectivity index (χ3v) is 2.84. The Morgan fingerprint density at radius 2 is 2.21 bits per heavy atom. The summed E-state index contributed by atoms with van der Waals surface area (Å²) >= 11 is 0. The summed E-state index contributed by atoms with van der Waals surface area (Å²) in [6, 6.07) is 4.55. The number of imide groups is 1. The van der Waals surface area contributed by atoms with Gasteiger partial charge in [0.15, 0.2) is 6.10 Å². The van der Waals surface area contributed by atoms with Gasteiger partial charge >= 0.3 is 0 Å². The van der Waals surface area contributed by atoms with Gasteiger partial charge in [0.05, 0.1) is 5.69 Å². The average molecular weight is 263 g/mol. The molecule has 2 amide bonds. The molecule has 0 saturated heterocycles. The van der Waals surface area contributed by atoms with E-state index in [1.54, 1.807) is 32.0 Å². The maximum absolute atomic E-state index is 12.2. The fourth-order valence-electron chi connectivity index (χ4n) is 1.97. The summed E-state index contributed by atoms with van der Waals surface area (Å²) in [5.41, 5.74) is 12.2. The van der Waals surface area contributed by atoms with Crippen molar-refractivity contribution in [3.63, 3.8) is 0 Å². The van der Waals surface area contributed by atoms with Crippen LogP contribution in [0.25, 0.3) is 0 Å². The first-order chi connectivity index (χ1) is 8.90. The number of benzene rings is 1. The number of ether oxygens (including phenoxy) is 1. The molecule has 1 aliphatic rings. The zero-order valence-electron chi connectivity index (χ0n) is 10.9. The normalized spacial score (nSPS) is 19.6. The number of hydrogen-bond donors (Lipinski definition) is 2. The van der Waals surface area contributed by atoms with Gasteiger partial charge in [-0.05, 0) is 32.0 Å². The smallest absolute Gasteiger partial charge is 0.274 e. The van der Waals surface area contributed by atoms with Gasteiger partial charge in [-0.3, -0.25) is 9.59 Å². The molecule has 1 aromatic carbocycles. The number of anilines is 2. The average Bonchev–Trinajstić information content (AvgIpc) is 2.30. The molecule has 1 aromatic rings. The summed E-state index contributed by atoms with van der Waals surface area (Å²) in [7, 11) is 0. The van der Waals surface area contributed by atoms with E-state index in [4.69, 9.17) is 16.2 Å². The molecule has 0 fully saturated rings. The van der Waals surface area contributed by atoms with Crippen LogP contribution in [-0.2, 0) is 9.59 Å². The summed E-state index contributed by atoms with van der Waals surface area (Å²) < 4.78 is 5.45. The van der Waals surface area contributed by atoms with Crippen LogP contribution in [0.4, 0.5) is 11.4 Å². The molecule has 102 valence electrons. The van der Waals surface area contributed by atoms with Gasteiger partial charge < -0.3 is 16.2 Å². The molecule has 1 heterocycles. The summed E-state index contributed by atoms with van der Waals surface area (Å²) in [6.45, 7) is 3.32. The molecule has 2 unspecified atom stereocenters. The van der Waals surface area contributed by atoms with E-state index in [1.807, 2.05) is 0 Å². The first-order valence-electron chi connectivity index (χ1n) is 6.08. The number of rotatable bonds is 2. The number of amides is 2. The van der Waals surface area contributed by atoms with Gasteiger partial charge in [-0.15, -0.1) is 0 Å². The Balaban J connectivity index is 2.44. The van der Waals surface area contributed by atoms with Gasteiger partial charge in [-0.1, -0.05) is 0 Å². The SMILES string of the molecule is CC(N)CC(=O)N1C(=O)C(C)Oc2ccc(N)cc21. The van der Waals surface area contributed by atoms with E-state index in [0.29, 0.717) is 17.1 Å². The zero-order valence-corrected chi connectivity index (χ0v) is 10.9. The molecule has 2 atom stereocenters. The molecule has 4 N–H and O–H groups in total. The van der Waals surface area contributed by atoms with E-state index >= 15 is 0 Å². The highest BCUT2D eigenvalue weighted by atomic mass is 16.5. The van der Waals surface area contributed by atoms with Crippen molar-refractivity contribution in [3.05, 3.63) is 18.2 Å². The lowest BCUT2D eigenvalue weighted by atomic mass is 10.1. The molecule has 0 saturated carbocycles. The largest absolute Gasteiger partial charge is 0.479 e. The van der Waals surface area contributed by atoms with Crippen LogP contribution in [0.2, 0.25) is 0 Å². The number of nitrogens with two attached hydrogens (primary N) is 2. The van der Waals surface area contributed by atoms with Gasteiger partial charge in [0.1, 0.15) is 5.75 Å². The Kier molecular flexibility index (Phi) is 3.44. The van der Waals surface area contributed by atoms with E-state index in [2.05, 4.69) is 0 Å². The fourth-order valence-corrected chi connectivity index (χ4v) is 1.97.